The van der Waals surface area contributed by atoms with Crippen molar-refractivity contribution >= 4 is 0 Å². The van der Waals surface area contributed by atoms with E-state index < -0.39 is 0 Å². The van der Waals surface area contributed by atoms with E-state index in [-0.39, 0.29) is 6.04 Å². The Labute approximate surface area is 69.1 Å². The van der Waals surface area contributed by atoms with E-state index in [4.69, 9.17) is 10.5 Å². The van der Waals surface area contributed by atoms with Gasteiger partial charge in [-0.05, 0) is 25.2 Å². The third kappa shape index (κ3) is 2.46. The zero-order valence-corrected chi connectivity index (χ0v) is 7.55. The monoisotopic (exact) mass is 157 g/mol. The largest absolute Gasteiger partial charge is 0.377 e. The van der Waals surface area contributed by atoms with Gasteiger partial charge in [-0.1, -0.05) is 13.8 Å². The van der Waals surface area contributed by atoms with Gasteiger partial charge in [0, 0.05) is 12.6 Å². The van der Waals surface area contributed by atoms with Crippen LogP contribution in [0.25, 0.3) is 0 Å². The molecular formula is C9H19NO. The van der Waals surface area contributed by atoms with Gasteiger partial charge in [-0.25, -0.2) is 0 Å². The molecule has 1 saturated heterocycles. The molecular weight excluding hydrogens is 138 g/mol. The normalized spacial score (nSPS) is 28.9. The summed E-state index contributed by atoms with van der Waals surface area (Å²) in [6.07, 6.45) is 3.97. The molecule has 0 radical (unpaired) electrons. The SMILES string of the molecule is CC(C)C(N)C1CCCCO1. The molecule has 0 spiro atoms. The second-order valence-corrected chi connectivity index (χ2v) is 3.73. The van der Waals surface area contributed by atoms with Crippen LogP contribution in [0, 0.1) is 5.92 Å². The number of hydrogen-bond donors (Lipinski definition) is 1. The van der Waals surface area contributed by atoms with Gasteiger partial charge in [0.05, 0.1) is 6.10 Å². The summed E-state index contributed by atoms with van der Waals surface area (Å²) in [6.45, 7) is 5.22. The minimum Gasteiger partial charge on any atom is -0.377 e. The topological polar surface area (TPSA) is 35.2 Å². The molecule has 0 saturated carbocycles. The Morgan fingerprint density at radius 2 is 2.09 bits per heavy atom. The lowest BCUT2D eigenvalue weighted by Gasteiger charge is -2.30. The second-order valence-electron chi connectivity index (χ2n) is 3.73. The molecule has 1 rings (SSSR count). The number of rotatable bonds is 2. The van der Waals surface area contributed by atoms with Gasteiger partial charge in [0.25, 0.3) is 0 Å². The molecule has 1 aliphatic rings. The van der Waals surface area contributed by atoms with Crippen molar-refractivity contribution in [2.75, 3.05) is 6.61 Å². The smallest absolute Gasteiger partial charge is 0.0728 e. The first-order valence-corrected chi connectivity index (χ1v) is 4.59. The Hall–Kier alpha value is -0.0800. The fraction of sp³-hybridized carbons (Fsp3) is 1.00. The molecule has 0 amide bonds. The Morgan fingerprint density at radius 1 is 1.36 bits per heavy atom. The van der Waals surface area contributed by atoms with Gasteiger partial charge in [0.15, 0.2) is 0 Å². The molecule has 66 valence electrons. The molecule has 0 aromatic rings. The molecule has 1 fully saturated rings. The summed E-state index contributed by atoms with van der Waals surface area (Å²) < 4.78 is 5.58. The number of ether oxygens (including phenoxy) is 1. The third-order valence-corrected chi connectivity index (χ3v) is 2.41. The Morgan fingerprint density at radius 3 is 2.55 bits per heavy atom. The summed E-state index contributed by atoms with van der Waals surface area (Å²) in [5.74, 6) is 0.540. The summed E-state index contributed by atoms with van der Waals surface area (Å²) in [5.41, 5.74) is 5.97. The van der Waals surface area contributed by atoms with Crippen LogP contribution < -0.4 is 5.73 Å². The average molecular weight is 157 g/mol. The molecule has 1 aliphatic heterocycles. The van der Waals surface area contributed by atoms with Crippen LogP contribution in [-0.2, 0) is 4.74 Å². The van der Waals surface area contributed by atoms with Gasteiger partial charge < -0.3 is 10.5 Å². The highest BCUT2D eigenvalue weighted by Gasteiger charge is 2.23. The van der Waals surface area contributed by atoms with E-state index in [1.165, 1.54) is 12.8 Å². The van der Waals surface area contributed by atoms with E-state index in [0.717, 1.165) is 13.0 Å². The van der Waals surface area contributed by atoms with Gasteiger partial charge in [0.1, 0.15) is 0 Å². The molecule has 2 N–H and O–H groups in total. The van der Waals surface area contributed by atoms with Crippen molar-refractivity contribution in [1.29, 1.82) is 0 Å². The van der Waals surface area contributed by atoms with Crippen molar-refractivity contribution in [1.82, 2.24) is 0 Å². The van der Waals surface area contributed by atoms with Gasteiger partial charge >= 0.3 is 0 Å². The molecule has 11 heavy (non-hydrogen) atoms. The average Bonchev–Trinajstić information content (AvgIpc) is 2.05. The lowest BCUT2D eigenvalue weighted by atomic mass is 9.94. The van der Waals surface area contributed by atoms with Gasteiger partial charge in [-0.3, -0.25) is 0 Å². The first-order chi connectivity index (χ1) is 5.22. The van der Waals surface area contributed by atoms with E-state index in [0.29, 0.717) is 12.0 Å². The first kappa shape index (κ1) is 9.01. The molecule has 0 bridgehead atoms. The highest BCUT2D eigenvalue weighted by molar-refractivity contribution is 4.78. The predicted octanol–water partition coefficient (Wildman–Crippen LogP) is 1.54. The van der Waals surface area contributed by atoms with Crippen LogP contribution in [-0.4, -0.2) is 18.8 Å². The second kappa shape index (κ2) is 4.07. The van der Waals surface area contributed by atoms with E-state index >= 15 is 0 Å². The minimum absolute atomic E-state index is 0.232. The van der Waals surface area contributed by atoms with Crippen molar-refractivity contribution in [3.63, 3.8) is 0 Å². The van der Waals surface area contributed by atoms with E-state index in [1.807, 2.05) is 0 Å². The quantitative estimate of drug-likeness (QED) is 0.660. The summed E-state index contributed by atoms with van der Waals surface area (Å²) in [6, 6.07) is 0.232. The lowest BCUT2D eigenvalue weighted by molar-refractivity contribution is -0.00830. The van der Waals surface area contributed by atoms with Gasteiger partial charge in [0.2, 0.25) is 0 Å². The number of nitrogens with two attached hydrogens (primary N) is 1. The van der Waals surface area contributed by atoms with E-state index in [1.54, 1.807) is 0 Å². The maximum atomic E-state index is 5.97. The summed E-state index contributed by atoms with van der Waals surface area (Å²) in [5, 5.41) is 0. The van der Waals surface area contributed by atoms with Gasteiger partial charge in [-0.15, -0.1) is 0 Å². The molecule has 2 unspecified atom stereocenters. The zero-order chi connectivity index (χ0) is 8.27. The molecule has 0 aromatic heterocycles. The molecule has 0 aromatic carbocycles. The van der Waals surface area contributed by atoms with Crippen LogP contribution in [0.15, 0.2) is 0 Å². The number of hydrogen-bond acceptors (Lipinski definition) is 2. The maximum Gasteiger partial charge on any atom is 0.0728 e. The minimum atomic E-state index is 0.232. The van der Waals surface area contributed by atoms with Crippen LogP contribution in [0.5, 0.6) is 0 Å². The van der Waals surface area contributed by atoms with Crippen molar-refractivity contribution in [2.24, 2.45) is 11.7 Å². The van der Waals surface area contributed by atoms with Crippen molar-refractivity contribution in [3.8, 4) is 0 Å². The Bertz CT molecular complexity index is 108. The van der Waals surface area contributed by atoms with Gasteiger partial charge in [-0.2, -0.15) is 0 Å². The fourth-order valence-corrected chi connectivity index (χ4v) is 1.50. The predicted molar refractivity (Wildman–Crippen MR) is 46.4 cm³/mol. The Balaban J connectivity index is 2.32. The van der Waals surface area contributed by atoms with Crippen molar-refractivity contribution in [3.05, 3.63) is 0 Å². The standard InChI is InChI=1S/C9H19NO/c1-7(2)9(10)8-5-3-4-6-11-8/h7-9H,3-6,10H2,1-2H3. The molecule has 2 heteroatoms. The molecule has 2 nitrogen and oxygen atoms in total. The summed E-state index contributed by atoms with van der Waals surface area (Å²) >= 11 is 0. The van der Waals surface area contributed by atoms with Crippen LogP contribution in [0.3, 0.4) is 0 Å². The fourth-order valence-electron chi connectivity index (χ4n) is 1.50. The van der Waals surface area contributed by atoms with Crippen LogP contribution in [0.2, 0.25) is 0 Å². The maximum absolute atomic E-state index is 5.97. The Kier molecular flexibility index (Phi) is 3.34. The van der Waals surface area contributed by atoms with Crippen molar-refractivity contribution < 1.29 is 4.74 Å². The molecule has 0 aliphatic carbocycles. The van der Waals surface area contributed by atoms with Crippen LogP contribution >= 0.6 is 0 Å². The zero-order valence-electron chi connectivity index (χ0n) is 7.55. The van der Waals surface area contributed by atoms with Crippen LogP contribution in [0.1, 0.15) is 33.1 Å². The van der Waals surface area contributed by atoms with Crippen LogP contribution in [0.4, 0.5) is 0 Å². The lowest BCUT2D eigenvalue weighted by Crippen LogP contribution is -2.42. The van der Waals surface area contributed by atoms with E-state index in [2.05, 4.69) is 13.8 Å². The van der Waals surface area contributed by atoms with E-state index in [9.17, 15) is 0 Å². The highest BCUT2D eigenvalue weighted by Crippen LogP contribution is 2.18. The first-order valence-electron chi connectivity index (χ1n) is 4.59. The van der Waals surface area contributed by atoms with Crippen molar-refractivity contribution in [2.45, 2.75) is 45.3 Å². The third-order valence-electron chi connectivity index (χ3n) is 2.41. The molecule has 1 heterocycles. The summed E-state index contributed by atoms with van der Waals surface area (Å²) in [4.78, 5) is 0. The summed E-state index contributed by atoms with van der Waals surface area (Å²) in [7, 11) is 0. The molecule has 2 atom stereocenters. The highest BCUT2D eigenvalue weighted by atomic mass is 16.5.